The first kappa shape index (κ1) is 13.2. The van der Waals surface area contributed by atoms with E-state index in [0.717, 1.165) is 21.4 Å². The van der Waals surface area contributed by atoms with Crippen LogP contribution in [0.15, 0.2) is 48.5 Å². The maximum Gasteiger partial charge on any atom is 0.348 e. The summed E-state index contributed by atoms with van der Waals surface area (Å²) in [4.78, 5) is 12.8. The first-order valence-corrected chi connectivity index (χ1v) is 7.65. The summed E-state index contributed by atoms with van der Waals surface area (Å²) < 4.78 is 17.0. The van der Waals surface area contributed by atoms with E-state index in [4.69, 9.17) is 14.2 Å². The molecule has 110 valence electrons. The highest BCUT2D eigenvalue weighted by Crippen LogP contribution is 2.33. The molecule has 5 heteroatoms. The summed E-state index contributed by atoms with van der Waals surface area (Å²) in [7, 11) is 0. The van der Waals surface area contributed by atoms with Gasteiger partial charge in [0.05, 0.1) is 0 Å². The van der Waals surface area contributed by atoms with Crippen molar-refractivity contribution in [1.29, 1.82) is 0 Å². The molecule has 0 fully saturated rings. The lowest BCUT2D eigenvalue weighted by molar-refractivity contribution is 0.0478. The Balaban J connectivity index is 1.48. The highest BCUT2D eigenvalue weighted by Gasteiger charge is 2.15. The van der Waals surface area contributed by atoms with Crippen molar-refractivity contribution in [1.82, 2.24) is 0 Å². The van der Waals surface area contributed by atoms with Crippen molar-refractivity contribution in [2.24, 2.45) is 0 Å². The Bertz CT molecular complexity index is 820. The monoisotopic (exact) mass is 312 g/mol. The van der Waals surface area contributed by atoms with E-state index in [1.54, 1.807) is 0 Å². The SMILES string of the molecule is O=C(OCc1ccc2c(c1)OCO2)c1cc2ccccc2s1. The predicted octanol–water partition coefficient (Wildman–Crippen LogP) is 3.99. The normalized spacial score (nSPS) is 12.5. The number of hydrogen-bond acceptors (Lipinski definition) is 5. The molecule has 1 aliphatic rings. The van der Waals surface area contributed by atoms with Crippen molar-refractivity contribution in [3.05, 3.63) is 59.0 Å². The maximum atomic E-state index is 12.2. The molecule has 4 rings (SSSR count). The summed E-state index contributed by atoms with van der Waals surface area (Å²) in [6, 6.07) is 15.3. The van der Waals surface area contributed by atoms with Gasteiger partial charge in [0.15, 0.2) is 11.5 Å². The van der Waals surface area contributed by atoms with Crippen LogP contribution in [0.4, 0.5) is 0 Å². The number of hydrogen-bond donors (Lipinski definition) is 0. The molecule has 0 saturated heterocycles. The van der Waals surface area contributed by atoms with E-state index in [0.29, 0.717) is 10.6 Å². The van der Waals surface area contributed by atoms with Gasteiger partial charge in [-0.05, 0) is 35.2 Å². The molecule has 2 heterocycles. The molecule has 1 aromatic heterocycles. The number of rotatable bonds is 3. The van der Waals surface area contributed by atoms with Gasteiger partial charge in [-0.1, -0.05) is 24.3 Å². The van der Waals surface area contributed by atoms with E-state index in [-0.39, 0.29) is 19.4 Å². The largest absolute Gasteiger partial charge is 0.457 e. The van der Waals surface area contributed by atoms with E-state index < -0.39 is 0 Å². The van der Waals surface area contributed by atoms with E-state index >= 15 is 0 Å². The highest BCUT2D eigenvalue weighted by molar-refractivity contribution is 7.20. The van der Waals surface area contributed by atoms with Crippen LogP contribution in [-0.2, 0) is 11.3 Å². The molecule has 4 nitrogen and oxygen atoms in total. The summed E-state index contributed by atoms with van der Waals surface area (Å²) in [6.07, 6.45) is 0. The number of ether oxygens (including phenoxy) is 3. The molecule has 2 aromatic carbocycles. The third kappa shape index (κ3) is 2.40. The molecule has 0 amide bonds. The number of esters is 1. The van der Waals surface area contributed by atoms with Gasteiger partial charge in [-0.25, -0.2) is 4.79 Å². The predicted molar refractivity (Wildman–Crippen MR) is 83.5 cm³/mol. The Labute approximate surface area is 130 Å². The van der Waals surface area contributed by atoms with Gasteiger partial charge in [0.1, 0.15) is 11.5 Å². The second-order valence-corrected chi connectivity index (χ2v) is 6.00. The zero-order valence-corrected chi connectivity index (χ0v) is 12.4. The van der Waals surface area contributed by atoms with Crippen LogP contribution in [0.3, 0.4) is 0 Å². The Kier molecular flexibility index (Phi) is 3.20. The number of thiophene rings is 1. The van der Waals surface area contributed by atoms with E-state index in [1.807, 2.05) is 48.5 Å². The van der Waals surface area contributed by atoms with Gasteiger partial charge >= 0.3 is 5.97 Å². The van der Waals surface area contributed by atoms with Gasteiger partial charge in [0.2, 0.25) is 6.79 Å². The van der Waals surface area contributed by atoms with Gasteiger partial charge in [0.25, 0.3) is 0 Å². The Morgan fingerprint density at radius 1 is 1.09 bits per heavy atom. The zero-order valence-electron chi connectivity index (χ0n) is 11.6. The molecular weight excluding hydrogens is 300 g/mol. The molecule has 0 spiro atoms. The van der Waals surface area contributed by atoms with Crippen molar-refractivity contribution in [3.63, 3.8) is 0 Å². The summed E-state index contributed by atoms with van der Waals surface area (Å²) >= 11 is 1.44. The fourth-order valence-corrected chi connectivity index (χ4v) is 3.29. The first-order valence-electron chi connectivity index (χ1n) is 6.84. The molecule has 0 radical (unpaired) electrons. The summed E-state index contributed by atoms with van der Waals surface area (Å²) in [6.45, 7) is 0.448. The standard InChI is InChI=1S/C17H12O4S/c18-17(16-8-12-3-1-2-4-15(12)22-16)19-9-11-5-6-13-14(7-11)21-10-20-13/h1-8H,9-10H2. The number of fused-ring (bicyclic) bond motifs is 2. The molecule has 0 bridgehead atoms. The minimum atomic E-state index is -0.307. The second kappa shape index (κ2) is 5.35. The molecular formula is C17H12O4S. The van der Waals surface area contributed by atoms with Gasteiger partial charge < -0.3 is 14.2 Å². The molecule has 0 N–H and O–H groups in total. The summed E-state index contributed by atoms with van der Waals surface area (Å²) in [5.41, 5.74) is 0.874. The third-order valence-corrected chi connectivity index (χ3v) is 4.53. The topological polar surface area (TPSA) is 44.8 Å². The number of benzene rings is 2. The van der Waals surface area contributed by atoms with E-state index in [1.165, 1.54) is 11.3 Å². The fraction of sp³-hybridized carbons (Fsp3) is 0.118. The van der Waals surface area contributed by atoms with E-state index in [2.05, 4.69) is 0 Å². The van der Waals surface area contributed by atoms with Crippen molar-refractivity contribution >= 4 is 27.4 Å². The van der Waals surface area contributed by atoms with Crippen molar-refractivity contribution in [2.45, 2.75) is 6.61 Å². The quantitative estimate of drug-likeness (QED) is 0.686. The Morgan fingerprint density at radius 3 is 2.86 bits per heavy atom. The summed E-state index contributed by atoms with van der Waals surface area (Å²) in [5.74, 6) is 1.11. The average Bonchev–Trinajstić information content (AvgIpc) is 3.18. The Hall–Kier alpha value is -2.53. The molecule has 0 saturated carbocycles. The molecule has 0 aliphatic carbocycles. The van der Waals surface area contributed by atoms with Crippen LogP contribution in [-0.4, -0.2) is 12.8 Å². The lowest BCUT2D eigenvalue weighted by atomic mass is 10.2. The number of carbonyl (C=O) groups excluding carboxylic acids is 1. The van der Waals surface area contributed by atoms with Crippen LogP contribution in [0.2, 0.25) is 0 Å². The number of carbonyl (C=O) groups is 1. The van der Waals surface area contributed by atoms with Crippen LogP contribution in [0.25, 0.3) is 10.1 Å². The van der Waals surface area contributed by atoms with Crippen LogP contribution < -0.4 is 9.47 Å². The summed E-state index contributed by atoms with van der Waals surface area (Å²) in [5, 5.41) is 1.06. The minimum Gasteiger partial charge on any atom is -0.457 e. The van der Waals surface area contributed by atoms with Crippen LogP contribution in [0, 0.1) is 0 Å². The zero-order chi connectivity index (χ0) is 14.9. The van der Waals surface area contributed by atoms with Gasteiger partial charge in [-0.2, -0.15) is 0 Å². The molecule has 0 atom stereocenters. The van der Waals surface area contributed by atoms with Crippen LogP contribution >= 0.6 is 11.3 Å². The van der Waals surface area contributed by atoms with E-state index in [9.17, 15) is 4.79 Å². The smallest absolute Gasteiger partial charge is 0.348 e. The minimum absolute atomic E-state index is 0.212. The highest BCUT2D eigenvalue weighted by atomic mass is 32.1. The maximum absolute atomic E-state index is 12.2. The van der Waals surface area contributed by atoms with Crippen molar-refractivity contribution in [2.75, 3.05) is 6.79 Å². The Morgan fingerprint density at radius 2 is 1.95 bits per heavy atom. The van der Waals surface area contributed by atoms with Gasteiger partial charge in [-0.15, -0.1) is 11.3 Å². The molecule has 3 aromatic rings. The first-order chi connectivity index (χ1) is 10.8. The van der Waals surface area contributed by atoms with Gasteiger partial charge in [-0.3, -0.25) is 0 Å². The fourth-order valence-electron chi connectivity index (χ4n) is 2.33. The van der Waals surface area contributed by atoms with Gasteiger partial charge in [0, 0.05) is 4.70 Å². The second-order valence-electron chi connectivity index (χ2n) is 4.91. The molecule has 22 heavy (non-hydrogen) atoms. The van der Waals surface area contributed by atoms with Crippen molar-refractivity contribution < 1.29 is 19.0 Å². The lowest BCUT2D eigenvalue weighted by Gasteiger charge is -2.04. The van der Waals surface area contributed by atoms with Crippen LogP contribution in [0.5, 0.6) is 11.5 Å². The lowest BCUT2D eigenvalue weighted by Crippen LogP contribution is -2.03. The van der Waals surface area contributed by atoms with Crippen molar-refractivity contribution in [3.8, 4) is 11.5 Å². The molecule has 1 aliphatic heterocycles. The molecule has 0 unspecified atom stereocenters. The average molecular weight is 312 g/mol. The third-order valence-electron chi connectivity index (χ3n) is 3.43. The van der Waals surface area contributed by atoms with Crippen LogP contribution in [0.1, 0.15) is 15.2 Å².